The van der Waals surface area contributed by atoms with E-state index in [0.717, 1.165) is 43.7 Å². The molecule has 2 atom stereocenters. The Hall–Kier alpha value is -2.61. The van der Waals surface area contributed by atoms with Crippen LogP contribution >= 0.6 is 0 Å². The van der Waals surface area contributed by atoms with E-state index in [0.29, 0.717) is 18.8 Å². The Morgan fingerprint density at radius 2 is 2.21 bits per heavy atom. The highest BCUT2D eigenvalue weighted by Crippen LogP contribution is 2.37. The van der Waals surface area contributed by atoms with E-state index in [9.17, 15) is 9.59 Å². The summed E-state index contributed by atoms with van der Waals surface area (Å²) in [6, 6.07) is 5.46. The summed E-state index contributed by atoms with van der Waals surface area (Å²) in [6.07, 6.45) is 5.45. The Balaban J connectivity index is 1.47. The van der Waals surface area contributed by atoms with E-state index in [1.165, 1.54) is 0 Å². The lowest BCUT2D eigenvalue weighted by atomic mass is 9.82. The SMILES string of the molecule is CCc1ccc(C(=O)N2CCCC3(C2)C(NC(=O)Cc2ccn[nH]2)CCN3C)o1. The molecule has 2 aromatic rings. The van der Waals surface area contributed by atoms with Crippen LogP contribution in [0.1, 0.15) is 48.2 Å². The van der Waals surface area contributed by atoms with E-state index in [4.69, 9.17) is 4.42 Å². The predicted octanol–water partition coefficient (Wildman–Crippen LogP) is 1.60. The molecule has 0 bridgehead atoms. The molecule has 0 aromatic carbocycles. The highest BCUT2D eigenvalue weighted by atomic mass is 16.4. The average molecular weight is 399 g/mol. The van der Waals surface area contributed by atoms with Crippen molar-refractivity contribution in [2.75, 3.05) is 26.7 Å². The summed E-state index contributed by atoms with van der Waals surface area (Å²) in [6.45, 7) is 4.22. The fourth-order valence-corrected chi connectivity index (χ4v) is 4.76. The highest BCUT2D eigenvalue weighted by molar-refractivity contribution is 5.91. The van der Waals surface area contributed by atoms with Crippen LogP contribution in [0, 0.1) is 0 Å². The molecule has 0 saturated carbocycles. The van der Waals surface area contributed by atoms with Crippen molar-refractivity contribution in [3.63, 3.8) is 0 Å². The van der Waals surface area contributed by atoms with Gasteiger partial charge in [0.05, 0.1) is 18.0 Å². The monoisotopic (exact) mass is 399 g/mol. The van der Waals surface area contributed by atoms with Gasteiger partial charge in [0.2, 0.25) is 5.91 Å². The van der Waals surface area contributed by atoms with Gasteiger partial charge in [-0.15, -0.1) is 0 Å². The first kappa shape index (κ1) is 19.7. The Morgan fingerprint density at radius 3 is 2.93 bits per heavy atom. The van der Waals surface area contributed by atoms with Gasteiger partial charge in [0.1, 0.15) is 5.76 Å². The van der Waals surface area contributed by atoms with Crippen molar-refractivity contribution >= 4 is 11.8 Å². The van der Waals surface area contributed by atoms with Crippen molar-refractivity contribution < 1.29 is 14.0 Å². The lowest BCUT2D eigenvalue weighted by molar-refractivity contribution is -0.122. The summed E-state index contributed by atoms with van der Waals surface area (Å²) in [5.41, 5.74) is 0.561. The van der Waals surface area contributed by atoms with Crippen molar-refractivity contribution in [3.05, 3.63) is 41.6 Å². The zero-order valence-corrected chi connectivity index (χ0v) is 17.1. The standard InChI is InChI=1S/C21H29N5O3/c1-3-16-5-6-17(29-16)20(28)26-11-4-9-21(14-26)18(8-12-25(21)2)23-19(27)13-15-7-10-22-24-15/h5-7,10,18H,3-4,8-9,11-14H2,1-2H3,(H,22,24)(H,23,27). The Kier molecular flexibility index (Phi) is 5.45. The van der Waals surface area contributed by atoms with Crippen LogP contribution in [-0.2, 0) is 17.6 Å². The molecule has 29 heavy (non-hydrogen) atoms. The minimum atomic E-state index is -0.238. The average Bonchev–Trinajstić information content (AvgIpc) is 3.46. The van der Waals surface area contributed by atoms with E-state index in [1.807, 2.05) is 24.0 Å². The smallest absolute Gasteiger partial charge is 0.289 e. The number of likely N-dealkylation sites (tertiary alicyclic amines) is 2. The van der Waals surface area contributed by atoms with E-state index < -0.39 is 0 Å². The molecule has 2 amide bonds. The lowest BCUT2D eigenvalue weighted by Crippen LogP contribution is -2.64. The number of likely N-dealkylation sites (N-methyl/N-ethyl adjacent to an activating group) is 1. The molecule has 2 aromatic heterocycles. The molecule has 2 N–H and O–H groups in total. The number of hydrogen-bond donors (Lipinski definition) is 2. The van der Waals surface area contributed by atoms with Gasteiger partial charge in [0.25, 0.3) is 5.91 Å². The summed E-state index contributed by atoms with van der Waals surface area (Å²) in [4.78, 5) is 29.8. The van der Waals surface area contributed by atoms with Crippen LogP contribution in [0.2, 0.25) is 0 Å². The number of nitrogens with one attached hydrogen (secondary N) is 2. The summed E-state index contributed by atoms with van der Waals surface area (Å²) in [5, 5.41) is 9.97. The van der Waals surface area contributed by atoms with Crippen LogP contribution < -0.4 is 5.32 Å². The number of piperidine rings is 1. The van der Waals surface area contributed by atoms with E-state index in [-0.39, 0.29) is 29.8 Å². The van der Waals surface area contributed by atoms with Crippen molar-refractivity contribution in [2.45, 2.75) is 50.6 Å². The van der Waals surface area contributed by atoms with Crippen LogP contribution in [0.3, 0.4) is 0 Å². The third kappa shape index (κ3) is 3.81. The van der Waals surface area contributed by atoms with Gasteiger partial charge in [-0.3, -0.25) is 19.6 Å². The Bertz CT molecular complexity index is 862. The molecule has 0 aliphatic carbocycles. The second-order valence-corrected chi connectivity index (χ2v) is 8.14. The topological polar surface area (TPSA) is 94.5 Å². The zero-order chi connectivity index (χ0) is 20.4. The molecule has 156 valence electrons. The third-order valence-electron chi connectivity index (χ3n) is 6.42. The molecule has 2 fully saturated rings. The molecule has 2 unspecified atom stereocenters. The highest BCUT2D eigenvalue weighted by Gasteiger charge is 2.50. The van der Waals surface area contributed by atoms with E-state index >= 15 is 0 Å². The first-order valence-electron chi connectivity index (χ1n) is 10.4. The fourth-order valence-electron chi connectivity index (χ4n) is 4.76. The molecule has 8 nitrogen and oxygen atoms in total. The number of aromatic nitrogens is 2. The number of nitrogens with zero attached hydrogens (tertiary/aromatic N) is 3. The Morgan fingerprint density at radius 1 is 1.34 bits per heavy atom. The molecule has 1 spiro atoms. The lowest BCUT2D eigenvalue weighted by Gasteiger charge is -2.47. The van der Waals surface area contributed by atoms with Crippen LogP contribution in [0.4, 0.5) is 0 Å². The quantitative estimate of drug-likeness (QED) is 0.797. The second-order valence-electron chi connectivity index (χ2n) is 8.14. The number of amides is 2. The predicted molar refractivity (Wildman–Crippen MR) is 107 cm³/mol. The summed E-state index contributed by atoms with van der Waals surface area (Å²) >= 11 is 0. The van der Waals surface area contributed by atoms with Crippen LogP contribution in [0.5, 0.6) is 0 Å². The Labute approximate surface area is 170 Å². The van der Waals surface area contributed by atoms with Gasteiger partial charge in [-0.25, -0.2) is 0 Å². The zero-order valence-electron chi connectivity index (χ0n) is 17.1. The van der Waals surface area contributed by atoms with Crippen molar-refractivity contribution in [1.82, 2.24) is 25.3 Å². The minimum absolute atomic E-state index is 0.0151. The second kappa shape index (κ2) is 8.02. The van der Waals surface area contributed by atoms with Gasteiger partial charge in [0, 0.05) is 37.9 Å². The number of H-pyrrole nitrogens is 1. The number of hydrogen-bond acceptors (Lipinski definition) is 5. The number of rotatable bonds is 5. The van der Waals surface area contributed by atoms with Gasteiger partial charge in [-0.1, -0.05) is 6.92 Å². The largest absolute Gasteiger partial charge is 0.456 e. The minimum Gasteiger partial charge on any atom is -0.456 e. The summed E-state index contributed by atoms with van der Waals surface area (Å²) in [5.74, 6) is 1.14. The van der Waals surface area contributed by atoms with E-state index in [1.54, 1.807) is 12.3 Å². The first-order valence-corrected chi connectivity index (χ1v) is 10.4. The third-order valence-corrected chi connectivity index (χ3v) is 6.42. The van der Waals surface area contributed by atoms with Gasteiger partial charge in [-0.05, 0) is 44.5 Å². The molecular formula is C21H29N5O3. The van der Waals surface area contributed by atoms with Crippen LogP contribution in [0.15, 0.2) is 28.8 Å². The number of carbonyl (C=O) groups excluding carboxylic acids is 2. The molecule has 4 rings (SSSR count). The summed E-state index contributed by atoms with van der Waals surface area (Å²) in [7, 11) is 2.09. The summed E-state index contributed by atoms with van der Waals surface area (Å²) < 4.78 is 5.69. The fraction of sp³-hybridized carbons (Fsp3) is 0.571. The van der Waals surface area contributed by atoms with Crippen molar-refractivity contribution in [2.24, 2.45) is 0 Å². The van der Waals surface area contributed by atoms with Crippen LogP contribution in [-0.4, -0.2) is 70.1 Å². The van der Waals surface area contributed by atoms with Crippen molar-refractivity contribution in [1.29, 1.82) is 0 Å². The molecule has 4 heterocycles. The molecule has 2 aliphatic heterocycles. The molecule has 2 saturated heterocycles. The molecule has 8 heteroatoms. The van der Waals surface area contributed by atoms with Gasteiger partial charge >= 0.3 is 0 Å². The van der Waals surface area contributed by atoms with Crippen molar-refractivity contribution in [3.8, 4) is 0 Å². The number of aromatic amines is 1. The molecule has 0 radical (unpaired) electrons. The molecular weight excluding hydrogens is 370 g/mol. The van der Waals surface area contributed by atoms with Gasteiger partial charge < -0.3 is 14.6 Å². The maximum absolute atomic E-state index is 13.0. The maximum Gasteiger partial charge on any atom is 0.289 e. The van der Waals surface area contributed by atoms with E-state index in [2.05, 4.69) is 27.5 Å². The number of carbonyl (C=O) groups is 2. The normalized spacial score (nSPS) is 24.9. The first-order chi connectivity index (χ1) is 14.0. The maximum atomic E-state index is 13.0. The van der Waals surface area contributed by atoms with Gasteiger partial charge in [-0.2, -0.15) is 5.10 Å². The van der Waals surface area contributed by atoms with Crippen LogP contribution in [0.25, 0.3) is 0 Å². The molecule has 2 aliphatic rings. The number of furan rings is 1. The number of aryl methyl sites for hydroxylation is 1. The van der Waals surface area contributed by atoms with Gasteiger partial charge in [0.15, 0.2) is 5.76 Å².